The van der Waals surface area contributed by atoms with Gasteiger partial charge < -0.3 is 15.4 Å². The highest BCUT2D eigenvalue weighted by molar-refractivity contribution is 5.78. The Kier molecular flexibility index (Phi) is 2.67. The van der Waals surface area contributed by atoms with E-state index >= 15 is 0 Å². The van der Waals surface area contributed by atoms with E-state index in [0.29, 0.717) is 6.42 Å². The maximum absolute atomic E-state index is 10.9. The maximum Gasteiger partial charge on any atom is 0.324 e. The average Bonchev–Trinajstić information content (AvgIpc) is 2.56. The molecule has 5 nitrogen and oxygen atoms in total. The van der Waals surface area contributed by atoms with Crippen molar-refractivity contribution >= 4 is 5.97 Å². The molecule has 1 aromatic rings. The summed E-state index contributed by atoms with van der Waals surface area (Å²) in [6, 6.07) is 0. The number of nitrogens with one attached hydrogen (secondary N) is 2. The van der Waals surface area contributed by atoms with Gasteiger partial charge in [-0.1, -0.05) is 0 Å². The highest BCUT2D eigenvalue weighted by Gasteiger charge is 2.31. The molecule has 0 saturated heterocycles. The maximum atomic E-state index is 10.9. The summed E-state index contributed by atoms with van der Waals surface area (Å²) in [7, 11) is 1.63. The molecular formula is C8H13N3O2. The fraction of sp³-hybridized carbons (Fsp3) is 0.500. The fourth-order valence-electron chi connectivity index (χ4n) is 1.03. The average molecular weight is 183 g/mol. The second-order valence-electron chi connectivity index (χ2n) is 3.14. The van der Waals surface area contributed by atoms with Crippen molar-refractivity contribution in [1.29, 1.82) is 0 Å². The molecule has 1 unspecified atom stereocenters. The normalized spacial score (nSPS) is 15.2. The highest BCUT2D eigenvalue weighted by Crippen LogP contribution is 2.10. The van der Waals surface area contributed by atoms with Gasteiger partial charge in [-0.05, 0) is 14.0 Å². The first kappa shape index (κ1) is 9.73. The molecule has 72 valence electrons. The van der Waals surface area contributed by atoms with Crippen LogP contribution in [0.2, 0.25) is 0 Å². The molecule has 1 heterocycles. The van der Waals surface area contributed by atoms with Gasteiger partial charge in [-0.2, -0.15) is 0 Å². The smallest absolute Gasteiger partial charge is 0.324 e. The van der Waals surface area contributed by atoms with E-state index in [1.807, 2.05) is 0 Å². The molecule has 0 aliphatic heterocycles. The van der Waals surface area contributed by atoms with Crippen LogP contribution >= 0.6 is 0 Å². The molecule has 3 N–H and O–H groups in total. The molecule has 5 heteroatoms. The van der Waals surface area contributed by atoms with E-state index in [1.165, 1.54) is 6.33 Å². The first-order chi connectivity index (χ1) is 6.08. The van der Waals surface area contributed by atoms with Crippen LogP contribution in [0.4, 0.5) is 0 Å². The summed E-state index contributed by atoms with van der Waals surface area (Å²) in [6.45, 7) is 1.64. The van der Waals surface area contributed by atoms with Crippen LogP contribution in [0.25, 0.3) is 0 Å². The molecule has 0 aromatic carbocycles. The van der Waals surface area contributed by atoms with Crippen molar-refractivity contribution in [2.75, 3.05) is 7.05 Å². The van der Waals surface area contributed by atoms with Gasteiger partial charge in [0, 0.05) is 18.3 Å². The van der Waals surface area contributed by atoms with Crippen LogP contribution < -0.4 is 5.32 Å². The quantitative estimate of drug-likeness (QED) is 0.614. The number of H-pyrrole nitrogens is 1. The van der Waals surface area contributed by atoms with Gasteiger partial charge in [0.2, 0.25) is 0 Å². The minimum Gasteiger partial charge on any atom is -0.480 e. The van der Waals surface area contributed by atoms with Crippen molar-refractivity contribution in [3.05, 3.63) is 18.2 Å². The highest BCUT2D eigenvalue weighted by atomic mass is 16.4. The van der Waals surface area contributed by atoms with E-state index in [2.05, 4.69) is 15.3 Å². The first-order valence-corrected chi connectivity index (χ1v) is 3.98. The number of hydrogen-bond acceptors (Lipinski definition) is 3. The summed E-state index contributed by atoms with van der Waals surface area (Å²) in [5, 5.41) is 11.7. The summed E-state index contributed by atoms with van der Waals surface area (Å²) in [5.74, 6) is -0.871. The van der Waals surface area contributed by atoms with Crippen molar-refractivity contribution < 1.29 is 9.90 Å². The molecule has 0 spiro atoms. The third kappa shape index (κ3) is 2.06. The third-order valence-corrected chi connectivity index (χ3v) is 2.12. The molecule has 1 rings (SSSR count). The third-order valence-electron chi connectivity index (χ3n) is 2.12. The minimum atomic E-state index is -0.938. The summed E-state index contributed by atoms with van der Waals surface area (Å²) in [4.78, 5) is 17.6. The number of nitrogens with zero attached hydrogens (tertiary/aromatic N) is 1. The SMILES string of the molecule is CNC(C)(Cc1cnc[nH]1)C(=O)O. The Morgan fingerprint density at radius 1 is 1.85 bits per heavy atom. The largest absolute Gasteiger partial charge is 0.480 e. The lowest BCUT2D eigenvalue weighted by Crippen LogP contribution is -2.49. The van der Waals surface area contributed by atoms with E-state index in [4.69, 9.17) is 5.11 Å². The van der Waals surface area contributed by atoms with E-state index < -0.39 is 11.5 Å². The Labute approximate surface area is 76.2 Å². The van der Waals surface area contributed by atoms with Crippen LogP contribution in [-0.2, 0) is 11.2 Å². The molecule has 1 atom stereocenters. The zero-order chi connectivity index (χ0) is 9.90. The van der Waals surface area contributed by atoms with Crippen LogP contribution in [0.15, 0.2) is 12.5 Å². The number of imidazole rings is 1. The number of aromatic amines is 1. The van der Waals surface area contributed by atoms with E-state index in [9.17, 15) is 4.79 Å². The van der Waals surface area contributed by atoms with Gasteiger partial charge in [0.25, 0.3) is 0 Å². The van der Waals surface area contributed by atoms with Gasteiger partial charge in [-0.15, -0.1) is 0 Å². The van der Waals surface area contributed by atoms with Crippen LogP contribution in [0.5, 0.6) is 0 Å². The van der Waals surface area contributed by atoms with Crippen molar-refractivity contribution in [2.45, 2.75) is 18.9 Å². The number of likely N-dealkylation sites (N-methyl/N-ethyl adjacent to an activating group) is 1. The van der Waals surface area contributed by atoms with Crippen LogP contribution in [0.3, 0.4) is 0 Å². The lowest BCUT2D eigenvalue weighted by atomic mass is 9.97. The number of aromatic nitrogens is 2. The minimum absolute atomic E-state index is 0.388. The lowest BCUT2D eigenvalue weighted by molar-refractivity contribution is -0.143. The number of carboxylic acid groups (broad SMARTS) is 1. The van der Waals surface area contributed by atoms with Gasteiger partial charge in [0.15, 0.2) is 0 Å². The summed E-state index contributed by atoms with van der Waals surface area (Å²) in [5.41, 5.74) is -0.133. The molecule has 0 aliphatic carbocycles. The predicted molar refractivity (Wildman–Crippen MR) is 47.4 cm³/mol. The van der Waals surface area contributed by atoms with Gasteiger partial charge in [0.05, 0.1) is 6.33 Å². The zero-order valence-corrected chi connectivity index (χ0v) is 7.66. The molecule has 0 fully saturated rings. The second kappa shape index (κ2) is 3.57. The Morgan fingerprint density at radius 3 is 2.92 bits per heavy atom. The molecule has 0 saturated carbocycles. The topological polar surface area (TPSA) is 78.0 Å². The Bertz CT molecular complexity index is 284. The fourth-order valence-corrected chi connectivity index (χ4v) is 1.03. The molecule has 0 bridgehead atoms. The lowest BCUT2D eigenvalue weighted by Gasteiger charge is -2.22. The molecule has 0 aliphatic rings. The van der Waals surface area contributed by atoms with Gasteiger partial charge in [-0.3, -0.25) is 4.79 Å². The van der Waals surface area contributed by atoms with Gasteiger partial charge in [0.1, 0.15) is 5.54 Å². The molecule has 0 radical (unpaired) electrons. The van der Waals surface area contributed by atoms with Gasteiger partial charge in [-0.25, -0.2) is 4.98 Å². The number of carbonyl (C=O) groups is 1. The monoisotopic (exact) mass is 183 g/mol. The van der Waals surface area contributed by atoms with Crippen molar-refractivity contribution in [3.63, 3.8) is 0 Å². The van der Waals surface area contributed by atoms with E-state index in [-0.39, 0.29) is 0 Å². The van der Waals surface area contributed by atoms with E-state index in [1.54, 1.807) is 20.2 Å². The van der Waals surface area contributed by atoms with Crippen molar-refractivity contribution in [1.82, 2.24) is 15.3 Å². The summed E-state index contributed by atoms with van der Waals surface area (Å²) >= 11 is 0. The number of aliphatic carboxylic acids is 1. The Balaban J connectivity index is 2.75. The number of rotatable bonds is 4. The van der Waals surface area contributed by atoms with E-state index in [0.717, 1.165) is 5.69 Å². The zero-order valence-electron chi connectivity index (χ0n) is 7.66. The summed E-state index contributed by atoms with van der Waals surface area (Å²) < 4.78 is 0. The van der Waals surface area contributed by atoms with Crippen LogP contribution in [0.1, 0.15) is 12.6 Å². The Morgan fingerprint density at radius 2 is 2.54 bits per heavy atom. The standard InChI is InChI=1S/C8H13N3O2/c1-8(9-2,7(12)13)3-6-4-10-5-11-6/h4-5,9H,3H2,1-2H3,(H,10,11)(H,12,13). The Hall–Kier alpha value is -1.36. The second-order valence-corrected chi connectivity index (χ2v) is 3.14. The molecule has 13 heavy (non-hydrogen) atoms. The van der Waals surface area contributed by atoms with Crippen LogP contribution in [0, 0.1) is 0 Å². The van der Waals surface area contributed by atoms with Crippen molar-refractivity contribution in [2.24, 2.45) is 0 Å². The molecule has 0 amide bonds. The number of hydrogen-bond donors (Lipinski definition) is 3. The molecule has 1 aromatic heterocycles. The van der Waals surface area contributed by atoms with Gasteiger partial charge >= 0.3 is 5.97 Å². The summed E-state index contributed by atoms with van der Waals surface area (Å²) in [6.07, 6.45) is 3.55. The predicted octanol–water partition coefficient (Wildman–Crippen LogP) is 0.0149. The van der Waals surface area contributed by atoms with Crippen molar-refractivity contribution in [3.8, 4) is 0 Å². The number of carboxylic acids is 1. The molecular weight excluding hydrogens is 170 g/mol. The van der Waals surface area contributed by atoms with Crippen LogP contribution in [-0.4, -0.2) is 33.6 Å². The first-order valence-electron chi connectivity index (χ1n) is 3.98.